The van der Waals surface area contributed by atoms with E-state index in [1.807, 2.05) is 18.3 Å². The average Bonchev–Trinajstić information content (AvgIpc) is 2.59. The maximum atomic E-state index is 11.5. The molecule has 0 radical (unpaired) electrons. The Kier molecular flexibility index (Phi) is 4.56. The number of benzene rings is 1. The third kappa shape index (κ3) is 3.50. The largest absolute Gasteiger partial charge is 0.326 e. The number of aryl methyl sites for hydroxylation is 1. The lowest BCUT2D eigenvalue weighted by atomic mass is 9.88. The molecule has 1 aliphatic rings. The van der Waals surface area contributed by atoms with Crippen LogP contribution < -0.4 is 5.32 Å². The van der Waals surface area contributed by atoms with Crippen molar-refractivity contribution in [2.24, 2.45) is 5.92 Å². The van der Waals surface area contributed by atoms with Crippen LogP contribution in [0.2, 0.25) is 0 Å². The van der Waals surface area contributed by atoms with Crippen LogP contribution in [-0.2, 0) is 11.2 Å². The Bertz CT molecular complexity index is 735. The first kappa shape index (κ1) is 15.5. The molecule has 1 N–H and O–H groups in total. The number of pyridine rings is 1. The van der Waals surface area contributed by atoms with Crippen LogP contribution in [-0.4, -0.2) is 10.9 Å². The predicted molar refractivity (Wildman–Crippen MR) is 95.0 cm³/mol. The number of aromatic nitrogens is 1. The minimum atomic E-state index is 0.110. The molecular weight excluding hydrogens is 284 g/mol. The molecule has 1 atom stereocenters. The normalized spacial score (nSPS) is 15.7. The number of carbonyl (C=O) groups excluding carboxylic acids is 1. The molecule has 0 fully saturated rings. The minimum absolute atomic E-state index is 0.110. The Morgan fingerprint density at radius 1 is 1.35 bits per heavy atom. The fraction of sp³-hybridized carbons (Fsp3) is 0.300. The monoisotopic (exact) mass is 306 g/mol. The zero-order valence-corrected chi connectivity index (χ0v) is 13.7. The van der Waals surface area contributed by atoms with Crippen molar-refractivity contribution < 1.29 is 4.79 Å². The van der Waals surface area contributed by atoms with Gasteiger partial charge >= 0.3 is 0 Å². The zero-order valence-electron chi connectivity index (χ0n) is 13.7. The number of carbonyl (C=O) groups is 1. The molecule has 3 heteroatoms. The molecule has 2 heterocycles. The van der Waals surface area contributed by atoms with Crippen molar-refractivity contribution in [2.45, 2.75) is 33.1 Å². The van der Waals surface area contributed by atoms with Crippen molar-refractivity contribution in [1.29, 1.82) is 0 Å². The van der Waals surface area contributed by atoms with Gasteiger partial charge in [-0.2, -0.15) is 0 Å². The smallest absolute Gasteiger partial charge is 0.224 e. The predicted octanol–water partition coefficient (Wildman–Crippen LogP) is 4.55. The SMILES string of the molecule is CCC(C)C(=Cc1cccnc1)c1ccc2c(c1)CCC(=O)N2. The highest BCUT2D eigenvalue weighted by molar-refractivity contribution is 5.94. The summed E-state index contributed by atoms with van der Waals surface area (Å²) >= 11 is 0. The van der Waals surface area contributed by atoms with E-state index in [-0.39, 0.29) is 5.91 Å². The van der Waals surface area contributed by atoms with Crippen LogP contribution in [0.3, 0.4) is 0 Å². The molecule has 1 aliphatic heterocycles. The first-order valence-corrected chi connectivity index (χ1v) is 8.22. The van der Waals surface area contributed by atoms with Crippen LogP contribution >= 0.6 is 0 Å². The van der Waals surface area contributed by atoms with Crippen molar-refractivity contribution in [3.63, 3.8) is 0 Å². The summed E-state index contributed by atoms with van der Waals surface area (Å²) < 4.78 is 0. The number of fused-ring (bicyclic) bond motifs is 1. The van der Waals surface area contributed by atoms with Gasteiger partial charge in [-0.05, 0) is 65.3 Å². The second-order valence-corrected chi connectivity index (χ2v) is 6.12. The zero-order chi connectivity index (χ0) is 16.2. The van der Waals surface area contributed by atoms with E-state index in [1.165, 1.54) is 16.7 Å². The van der Waals surface area contributed by atoms with Crippen molar-refractivity contribution in [3.8, 4) is 0 Å². The van der Waals surface area contributed by atoms with Gasteiger partial charge in [0.1, 0.15) is 0 Å². The molecule has 0 saturated heterocycles. The van der Waals surface area contributed by atoms with Gasteiger partial charge in [-0.15, -0.1) is 0 Å². The summed E-state index contributed by atoms with van der Waals surface area (Å²) in [6, 6.07) is 10.4. The molecule has 0 bridgehead atoms. The molecule has 1 unspecified atom stereocenters. The molecule has 3 nitrogen and oxygen atoms in total. The maximum absolute atomic E-state index is 11.5. The third-order valence-corrected chi connectivity index (χ3v) is 4.48. The van der Waals surface area contributed by atoms with Crippen molar-refractivity contribution in [1.82, 2.24) is 4.98 Å². The molecule has 1 aromatic heterocycles. The van der Waals surface area contributed by atoms with E-state index in [0.29, 0.717) is 12.3 Å². The highest BCUT2D eigenvalue weighted by atomic mass is 16.1. The molecular formula is C20H22N2O. The summed E-state index contributed by atoms with van der Waals surface area (Å²) in [5.74, 6) is 0.574. The summed E-state index contributed by atoms with van der Waals surface area (Å²) in [5.41, 5.74) is 5.85. The van der Waals surface area contributed by atoms with E-state index in [1.54, 1.807) is 6.20 Å². The lowest BCUT2D eigenvalue weighted by Gasteiger charge is -2.20. The van der Waals surface area contributed by atoms with Gasteiger partial charge in [-0.1, -0.05) is 26.0 Å². The van der Waals surface area contributed by atoms with E-state index in [2.05, 4.69) is 48.4 Å². The van der Waals surface area contributed by atoms with Gasteiger partial charge in [0.25, 0.3) is 0 Å². The number of nitrogens with zero attached hydrogens (tertiary/aromatic N) is 1. The van der Waals surface area contributed by atoms with E-state index >= 15 is 0 Å². The summed E-state index contributed by atoms with van der Waals surface area (Å²) in [6.07, 6.45) is 8.38. The number of allylic oxidation sites excluding steroid dienone is 1. The van der Waals surface area contributed by atoms with E-state index in [0.717, 1.165) is 24.1 Å². The van der Waals surface area contributed by atoms with Gasteiger partial charge in [-0.25, -0.2) is 0 Å². The lowest BCUT2D eigenvalue weighted by Crippen LogP contribution is -2.19. The summed E-state index contributed by atoms with van der Waals surface area (Å²) in [4.78, 5) is 15.7. The van der Waals surface area contributed by atoms with E-state index < -0.39 is 0 Å². The molecule has 0 aliphatic carbocycles. The first-order valence-electron chi connectivity index (χ1n) is 8.22. The van der Waals surface area contributed by atoms with E-state index in [4.69, 9.17) is 0 Å². The molecule has 1 amide bonds. The molecule has 3 rings (SSSR count). The Hall–Kier alpha value is -2.42. The van der Waals surface area contributed by atoms with Crippen molar-refractivity contribution in [3.05, 3.63) is 59.4 Å². The van der Waals surface area contributed by atoms with Crippen LogP contribution in [0.5, 0.6) is 0 Å². The molecule has 1 aromatic carbocycles. The highest BCUT2D eigenvalue weighted by Crippen LogP contribution is 2.32. The number of anilines is 1. The topological polar surface area (TPSA) is 42.0 Å². The number of hydrogen-bond acceptors (Lipinski definition) is 2. The van der Waals surface area contributed by atoms with E-state index in [9.17, 15) is 4.79 Å². The lowest BCUT2D eigenvalue weighted by molar-refractivity contribution is -0.116. The average molecular weight is 306 g/mol. The van der Waals surface area contributed by atoms with Crippen molar-refractivity contribution >= 4 is 23.2 Å². The minimum Gasteiger partial charge on any atom is -0.326 e. The van der Waals surface area contributed by atoms with Crippen LogP contribution in [0.1, 0.15) is 43.4 Å². The van der Waals surface area contributed by atoms with Crippen LogP contribution in [0.25, 0.3) is 11.6 Å². The van der Waals surface area contributed by atoms with Crippen LogP contribution in [0, 0.1) is 5.92 Å². The van der Waals surface area contributed by atoms with Gasteiger partial charge < -0.3 is 5.32 Å². The molecule has 0 saturated carbocycles. The summed E-state index contributed by atoms with van der Waals surface area (Å²) in [6.45, 7) is 4.46. The van der Waals surface area contributed by atoms with Crippen LogP contribution in [0.15, 0.2) is 42.7 Å². The summed E-state index contributed by atoms with van der Waals surface area (Å²) in [7, 11) is 0. The van der Waals surface area contributed by atoms with Gasteiger partial charge in [-0.3, -0.25) is 9.78 Å². The number of nitrogens with one attached hydrogen (secondary N) is 1. The van der Waals surface area contributed by atoms with Crippen LogP contribution in [0.4, 0.5) is 5.69 Å². The number of rotatable bonds is 4. The van der Waals surface area contributed by atoms with Gasteiger partial charge in [0, 0.05) is 24.5 Å². The maximum Gasteiger partial charge on any atom is 0.224 e. The standard InChI is InChI=1S/C20H22N2O/c1-3-14(2)18(11-15-5-4-10-21-13-15)16-6-8-19-17(12-16)7-9-20(23)22-19/h4-6,8,10-14H,3,7,9H2,1-2H3,(H,22,23). The Balaban J connectivity index is 2.01. The van der Waals surface area contributed by atoms with Gasteiger partial charge in [0.2, 0.25) is 5.91 Å². The Morgan fingerprint density at radius 2 is 2.22 bits per heavy atom. The van der Waals surface area contributed by atoms with Crippen molar-refractivity contribution in [2.75, 3.05) is 5.32 Å². The summed E-state index contributed by atoms with van der Waals surface area (Å²) in [5, 5.41) is 2.95. The molecule has 23 heavy (non-hydrogen) atoms. The number of hydrogen-bond donors (Lipinski definition) is 1. The number of amides is 1. The van der Waals surface area contributed by atoms with Gasteiger partial charge in [0.05, 0.1) is 0 Å². The fourth-order valence-electron chi connectivity index (χ4n) is 2.93. The third-order valence-electron chi connectivity index (χ3n) is 4.48. The quantitative estimate of drug-likeness (QED) is 0.900. The molecule has 0 spiro atoms. The Labute approximate surface area is 137 Å². The molecule has 2 aromatic rings. The second-order valence-electron chi connectivity index (χ2n) is 6.12. The molecule has 118 valence electrons. The highest BCUT2D eigenvalue weighted by Gasteiger charge is 2.17. The second kappa shape index (κ2) is 6.78. The Morgan fingerprint density at radius 3 is 2.96 bits per heavy atom. The first-order chi connectivity index (χ1) is 11.2. The van der Waals surface area contributed by atoms with Gasteiger partial charge in [0.15, 0.2) is 0 Å². The fourth-order valence-corrected chi connectivity index (χ4v) is 2.93.